The van der Waals surface area contributed by atoms with Gasteiger partial charge in [0.15, 0.2) is 11.7 Å². The molecule has 2 rings (SSSR count). The molecule has 0 radical (unpaired) electrons. The predicted molar refractivity (Wildman–Crippen MR) is 106 cm³/mol. The van der Waals surface area contributed by atoms with E-state index in [1.807, 2.05) is 25.1 Å². The largest absolute Gasteiger partial charge is 0.545 e. The van der Waals surface area contributed by atoms with Gasteiger partial charge in [-0.05, 0) is 59.9 Å². The van der Waals surface area contributed by atoms with Gasteiger partial charge in [-0.15, -0.1) is 0 Å². The molecule has 142 valence electrons. The van der Waals surface area contributed by atoms with Crippen LogP contribution in [-0.4, -0.2) is 23.6 Å². The first-order valence-electron chi connectivity index (χ1n) is 8.42. The van der Waals surface area contributed by atoms with Crippen LogP contribution in [0.1, 0.15) is 41.3 Å². The monoisotopic (exact) mass is 385 g/mol. The molecule has 2 aromatic carbocycles. The fourth-order valence-electron chi connectivity index (χ4n) is 2.44. The van der Waals surface area contributed by atoms with Crippen molar-refractivity contribution in [2.75, 3.05) is 11.9 Å². The minimum absolute atomic E-state index is 0.0122. The van der Waals surface area contributed by atoms with Gasteiger partial charge < -0.3 is 20.0 Å². The molecule has 0 aliphatic rings. The molecule has 2 aromatic rings. The van der Waals surface area contributed by atoms with Gasteiger partial charge in [-0.1, -0.05) is 38.1 Å². The number of carboxylic acid groups (broad SMARTS) is 1. The molecule has 0 unspecified atom stereocenters. The van der Waals surface area contributed by atoms with Gasteiger partial charge in [-0.25, -0.2) is 0 Å². The topological polar surface area (TPSA) is 90.5 Å². The number of thiocarbonyl (C=S) groups is 1. The molecule has 1 amide bonds. The third-order valence-electron chi connectivity index (χ3n) is 3.76. The summed E-state index contributed by atoms with van der Waals surface area (Å²) in [6.07, 6.45) is 0. The molecule has 6 nitrogen and oxygen atoms in total. The van der Waals surface area contributed by atoms with Crippen LogP contribution in [0.3, 0.4) is 0 Å². The van der Waals surface area contributed by atoms with Gasteiger partial charge in [0.25, 0.3) is 5.91 Å². The van der Waals surface area contributed by atoms with Crippen LogP contribution in [-0.2, 0) is 4.79 Å². The summed E-state index contributed by atoms with van der Waals surface area (Å²) < 4.78 is 5.66. The molecule has 2 N–H and O–H groups in total. The zero-order valence-corrected chi connectivity index (χ0v) is 16.2. The van der Waals surface area contributed by atoms with Crippen LogP contribution in [0.25, 0.3) is 0 Å². The number of hydrogen-bond acceptors (Lipinski definition) is 5. The molecule has 0 bridgehead atoms. The van der Waals surface area contributed by atoms with Crippen LogP contribution in [0.15, 0.2) is 42.5 Å². The highest BCUT2D eigenvalue weighted by atomic mass is 32.1. The van der Waals surface area contributed by atoms with Gasteiger partial charge in [-0.3, -0.25) is 10.1 Å². The van der Waals surface area contributed by atoms with Crippen molar-refractivity contribution in [3.8, 4) is 5.75 Å². The Hall–Kier alpha value is -2.93. The van der Waals surface area contributed by atoms with E-state index >= 15 is 0 Å². The lowest BCUT2D eigenvalue weighted by Crippen LogP contribution is -2.37. The van der Waals surface area contributed by atoms with Crippen LogP contribution in [0.4, 0.5) is 5.69 Å². The first-order valence-corrected chi connectivity index (χ1v) is 8.82. The third-order valence-corrected chi connectivity index (χ3v) is 3.96. The van der Waals surface area contributed by atoms with Crippen LogP contribution >= 0.6 is 12.2 Å². The summed E-state index contributed by atoms with van der Waals surface area (Å²) in [4.78, 5) is 23.0. The Morgan fingerprint density at radius 3 is 2.59 bits per heavy atom. The smallest absolute Gasteiger partial charge is 0.264 e. The molecule has 0 aliphatic heterocycles. The highest BCUT2D eigenvalue weighted by molar-refractivity contribution is 7.80. The van der Waals surface area contributed by atoms with E-state index in [2.05, 4.69) is 24.5 Å². The number of benzene rings is 2. The Morgan fingerprint density at radius 2 is 1.93 bits per heavy atom. The summed E-state index contributed by atoms with van der Waals surface area (Å²) in [5.74, 6) is -0.774. The molecule has 0 spiro atoms. The Bertz CT molecular complexity index is 865. The molecular weight excluding hydrogens is 364 g/mol. The molecule has 0 saturated heterocycles. The Labute approximate surface area is 163 Å². The number of carbonyl (C=O) groups excluding carboxylic acids is 2. The Morgan fingerprint density at radius 1 is 1.19 bits per heavy atom. The van der Waals surface area contributed by atoms with Gasteiger partial charge in [0.05, 0.1) is 5.97 Å². The van der Waals surface area contributed by atoms with Crippen molar-refractivity contribution in [3.63, 3.8) is 0 Å². The Kier molecular flexibility index (Phi) is 6.90. The molecule has 0 atom stereocenters. The summed E-state index contributed by atoms with van der Waals surface area (Å²) in [6.45, 7) is 5.87. The van der Waals surface area contributed by atoms with E-state index in [1.54, 1.807) is 12.1 Å². The van der Waals surface area contributed by atoms with Gasteiger partial charge >= 0.3 is 0 Å². The minimum Gasteiger partial charge on any atom is -0.545 e. The summed E-state index contributed by atoms with van der Waals surface area (Å²) >= 11 is 5.08. The average Bonchev–Trinajstić information content (AvgIpc) is 2.59. The van der Waals surface area contributed by atoms with Gasteiger partial charge in [-0.2, -0.15) is 0 Å². The van der Waals surface area contributed by atoms with E-state index in [9.17, 15) is 14.7 Å². The average molecular weight is 385 g/mol. The van der Waals surface area contributed by atoms with E-state index in [1.165, 1.54) is 12.1 Å². The molecule has 0 saturated carbocycles. The van der Waals surface area contributed by atoms with E-state index in [0.717, 1.165) is 11.1 Å². The zero-order chi connectivity index (χ0) is 20.0. The van der Waals surface area contributed by atoms with Crippen LogP contribution < -0.4 is 20.5 Å². The standard InChI is InChI=1S/C20H22N2O4S/c1-12(2)16-8-7-13(3)9-17(16)26-11-18(23)22-20(27)21-15-6-4-5-14(10-15)19(24)25/h4-10,12H,11H2,1-3H3,(H,24,25)(H2,21,22,23,27)/p-1. The maximum Gasteiger partial charge on any atom is 0.264 e. The minimum atomic E-state index is -1.29. The van der Waals surface area contributed by atoms with E-state index in [0.29, 0.717) is 11.4 Å². The fourth-order valence-corrected chi connectivity index (χ4v) is 2.67. The summed E-state index contributed by atoms with van der Waals surface area (Å²) in [5, 5.41) is 16.2. The molecule has 0 aromatic heterocycles. The second-order valence-electron chi connectivity index (χ2n) is 6.36. The van der Waals surface area contributed by atoms with E-state index in [4.69, 9.17) is 17.0 Å². The van der Waals surface area contributed by atoms with Gasteiger partial charge in [0, 0.05) is 5.69 Å². The number of carbonyl (C=O) groups is 2. The highest BCUT2D eigenvalue weighted by Crippen LogP contribution is 2.27. The van der Waals surface area contributed by atoms with Crippen molar-refractivity contribution < 1.29 is 19.4 Å². The van der Waals surface area contributed by atoms with Crippen molar-refractivity contribution in [3.05, 3.63) is 59.2 Å². The van der Waals surface area contributed by atoms with Crippen molar-refractivity contribution in [2.45, 2.75) is 26.7 Å². The van der Waals surface area contributed by atoms with Crippen molar-refractivity contribution >= 4 is 34.9 Å². The van der Waals surface area contributed by atoms with Crippen LogP contribution in [0, 0.1) is 6.92 Å². The summed E-state index contributed by atoms with van der Waals surface area (Å²) in [5.41, 5.74) is 2.51. The molecular formula is C20H21N2O4S-. The number of anilines is 1. The maximum atomic E-state index is 12.1. The number of ether oxygens (including phenoxy) is 1. The molecule has 7 heteroatoms. The first kappa shape index (κ1) is 20.4. The molecule has 0 fully saturated rings. The van der Waals surface area contributed by atoms with E-state index in [-0.39, 0.29) is 23.2 Å². The molecule has 27 heavy (non-hydrogen) atoms. The number of carboxylic acids is 1. The third kappa shape index (κ3) is 6.07. The SMILES string of the molecule is Cc1ccc(C(C)C)c(OCC(=O)NC(=S)Nc2cccc(C(=O)[O-])c2)c1. The second kappa shape index (κ2) is 9.14. The second-order valence-corrected chi connectivity index (χ2v) is 6.76. The molecule has 0 heterocycles. The lowest BCUT2D eigenvalue weighted by atomic mass is 10.0. The van der Waals surface area contributed by atoms with Crippen molar-refractivity contribution in [1.82, 2.24) is 5.32 Å². The first-order chi connectivity index (χ1) is 12.8. The number of rotatable bonds is 6. The quantitative estimate of drug-likeness (QED) is 0.742. The van der Waals surface area contributed by atoms with Gasteiger partial charge in [0.2, 0.25) is 0 Å². The summed E-state index contributed by atoms with van der Waals surface area (Å²) in [6, 6.07) is 11.8. The van der Waals surface area contributed by atoms with Crippen LogP contribution in [0.5, 0.6) is 5.75 Å². The van der Waals surface area contributed by atoms with Crippen molar-refractivity contribution in [2.24, 2.45) is 0 Å². The number of aromatic carboxylic acids is 1. The number of amides is 1. The lowest BCUT2D eigenvalue weighted by Gasteiger charge is -2.15. The van der Waals surface area contributed by atoms with Crippen molar-refractivity contribution in [1.29, 1.82) is 0 Å². The van der Waals surface area contributed by atoms with Crippen LogP contribution in [0.2, 0.25) is 0 Å². The fraction of sp³-hybridized carbons (Fsp3) is 0.250. The lowest BCUT2D eigenvalue weighted by molar-refractivity contribution is -0.255. The molecule has 0 aliphatic carbocycles. The Balaban J connectivity index is 1.92. The maximum absolute atomic E-state index is 12.1. The van der Waals surface area contributed by atoms with E-state index < -0.39 is 11.9 Å². The normalized spacial score (nSPS) is 10.4. The highest BCUT2D eigenvalue weighted by Gasteiger charge is 2.11. The predicted octanol–water partition coefficient (Wildman–Crippen LogP) is 2.37. The number of hydrogen-bond donors (Lipinski definition) is 2. The van der Waals surface area contributed by atoms with Gasteiger partial charge in [0.1, 0.15) is 5.75 Å². The zero-order valence-electron chi connectivity index (χ0n) is 15.4. The number of nitrogens with one attached hydrogen (secondary N) is 2. The number of aryl methyl sites for hydroxylation is 1. The summed E-state index contributed by atoms with van der Waals surface area (Å²) in [7, 11) is 0.